The van der Waals surface area contributed by atoms with E-state index in [-0.39, 0.29) is 11.4 Å². The highest BCUT2D eigenvalue weighted by molar-refractivity contribution is 6.03. The van der Waals surface area contributed by atoms with E-state index in [1.54, 1.807) is 24.3 Å². The van der Waals surface area contributed by atoms with E-state index in [0.717, 1.165) is 11.4 Å². The number of nitrogens with one attached hydrogen (secondary N) is 1. The SMILES string of the molecule is Cc1cc(NC(=O)c2ccc(Oc3ccccc3)cc2)n(C(C)(C)C)n1. The normalized spacial score (nSPS) is 11.2. The maximum absolute atomic E-state index is 12.6. The summed E-state index contributed by atoms with van der Waals surface area (Å²) in [7, 11) is 0. The van der Waals surface area contributed by atoms with Gasteiger partial charge in [-0.15, -0.1) is 0 Å². The Morgan fingerprint density at radius 2 is 1.62 bits per heavy atom. The molecule has 3 rings (SSSR count). The van der Waals surface area contributed by atoms with Gasteiger partial charge in [-0.1, -0.05) is 18.2 Å². The van der Waals surface area contributed by atoms with Gasteiger partial charge in [-0.2, -0.15) is 5.10 Å². The van der Waals surface area contributed by atoms with E-state index >= 15 is 0 Å². The fourth-order valence-electron chi connectivity index (χ4n) is 2.59. The highest BCUT2D eigenvalue weighted by Crippen LogP contribution is 2.23. The van der Waals surface area contributed by atoms with Crippen LogP contribution in [0.2, 0.25) is 0 Å². The first-order valence-electron chi connectivity index (χ1n) is 8.54. The second-order valence-electron chi connectivity index (χ2n) is 7.15. The molecule has 0 aliphatic carbocycles. The average Bonchev–Trinajstić information content (AvgIpc) is 2.97. The molecule has 0 atom stereocenters. The zero-order valence-electron chi connectivity index (χ0n) is 15.5. The number of aryl methyl sites for hydroxylation is 1. The Bertz CT molecular complexity index is 891. The molecule has 1 N–H and O–H groups in total. The van der Waals surface area contributed by atoms with Crippen LogP contribution >= 0.6 is 0 Å². The first-order valence-corrected chi connectivity index (χ1v) is 8.54. The zero-order valence-corrected chi connectivity index (χ0v) is 15.5. The Morgan fingerprint density at radius 1 is 1.00 bits per heavy atom. The summed E-state index contributed by atoms with van der Waals surface area (Å²) in [5.74, 6) is 1.95. The lowest BCUT2D eigenvalue weighted by molar-refractivity contribution is 0.102. The van der Waals surface area contributed by atoms with Gasteiger partial charge in [0.2, 0.25) is 0 Å². The van der Waals surface area contributed by atoms with Crippen molar-refractivity contribution in [2.75, 3.05) is 5.32 Å². The predicted octanol–water partition coefficient (Wildman–Crippen LogP) is 4.99. The molecule has 5 heteroatoms. The number of anilines is 1. The summed E-state index contributed by atoms with van der Waals surface area (Å²) in [5.41, 5.74) is 1.20. The maximum atomic E-state index is 12.6. The van der Waals surface area contributed by atoms with E-state index in [1.807, 2.05) is 68.8 Å². The van der Waals surface area contributed by atoms with Crippen molar-refractivity contribution in [3.63, 3.8) is 0 Å². The highest BCUT2D eigenvalue weighted by atomic mass is 16.5. The summed E-state index contributed by atoms with van der Waals surface area (Å²) in [6.07, 6.45) is 0. The second-order valence-corrected chi connectivity index (χ2v) is 7.15. The molecule has 26 heavy (non-hydrogen) atoms. The Hall–Kier alpha value is -3.08. The smallest absolute Gasteiger partial charge is 0.256 e. The van der Waals surface area contributed by atoms with E-state index in [9.17, 15) is 4.79 Å². The summed E-state index contributed by atoms with van der Waals surface area (Å²) in [4.78, 5) is 12.6. The van der Waals surface area contributed by atoms with Crippen LogP contribution in [-0.2, 0) is 5.54 Å². The van der Waals surface area contributed by atoms with Crippen LogP contribution in [0.1, 0.15) is 36.8 Å². The molecule has 5 nitrogen and oxygen atoms in total. The summed E-state index contributed by atoms with van der Waals surface area (Å²) in [5, 5.41) is 7.42. The maximum Gasteiger partial charge on any atom is 0.256 e. The summed E-state index contributed by atoms with van der Waals surface area (Å²) < 4.78 is 7.58. The van der Waals surface area contributed by atoms with Crippen molar-refractivity contribution in [3.05, 3.63) is 71.9 Å². The molecule has 134 valence electrons. The summed E-state index contributed by atoms with van der Waals surface area (Å²) in [6, 6.07) is 18.5. The van der Waals surface area contributed by atoms with Gasteiger partial charge in [-0.05, 0) is 64.1 Å². The average molecular weight is 349 g/mol. The number of carbonyl (C=O) groups is 1. The third-order valence-corrected chi connectivity index (χ3v) is 3.80. The lowest BCUT2D eigenvalue weighted by Crippen LogP contribution is -2.26. The van der Waals surface area contributed by atoms with Crippen molar-refractivity contribution >= 4 is 11.7 Å². The Balaban J connectivity index is 1.73. The van der Waals surface area contributed by atoms with Crippen molar-refractivity contribution in [2.24, 2.45) is 0 Å². The molecule has 0 fully saturated rings. The van der Waals surface area contributed by atoms with E-state index in [4.69, 9.17) is 4.74 Å². The van der Waals surface area contributed by atoms with E-state index < -0.39 is 0 Å². The molecule has 0 radical (unpaired) electrons. The predicted molar refractivity (Wildman–Crippen MR) is 103 cm³/mol. The van der Waals surface area contributed by atoms with Gasteiger partial charge in [0.15, 0.2) is 0 Å². The molecule has 0 aliphatic rings. The molecule has 1 aromatic heterocycles. The molecule has 0 saturated heterocycles. The second kappa shape index (κ2) is 7.04. The fraction of sp³-hybridized carbons (Fsp3) is 0.238. The van der Waals surface area contributed by atoms with Gasteiger partial charge >= 0.3 is 0 Å². The van der Waals surface area contributed by atoms with Crippen molar-refractivity contribution in [1.29, 1.82) is 0 Å². The molecule has 1 amide bonds. The Kier molecular flexibility index (Phi) is 4.80. The third-order valence-electron chi connectivity index (χ3n) is 3.80. The number of carbonyl (C=O) groups excluding carboxylic acids is 1. The largest absolute Gasteiger partial charge is 0.457 e. The minimum Gasteiger partial charge on any atom is -0.457 e. The topological polar surface area (TPSA) is 56.1 Å². The number of nitrogens with zero attached hydrogens (tertiary/aromatic N) is 2. The van der Waals surface area contributed by atoms with E-state index in [0.29, 0.717) is 17.1 Å². The Morgan fingerprint density at radius 3 is 2.23 bits per heavy atom. The monoisotopic (exact) mass is 349 g/mol. The van der Waals surface area contributed by atoms with E-state index in [1.165, 1.54) is 0 Å². The standard InChI is InChI=1S/C21H23N3O2/c1-15-14-19(24(23-15)21(2,3)4)22-20(25)16-10-12-18(13-11-16)26-17-8-6-5-7-9-17/h5-14H,1-4H3,(H,22,25). The number of amides is 1. The van der Waals surface area contributed by atoms with Gasteiger partial charge < -0.3 is 10.1 Å². The highest BCUT2D eigenvalue weighted by Gasteiger charge is 2.20. The number of benzene rings is 2. The quantitative estimate of drug-likeness (QED) is 0.722. The van der Waals surface area contributed by atoms with Gasteiger partial charge in [0.1, 0.15) is 17.3 Å². The number of hydrogen-bond donors (Lipinski definition) is 1. The number of rotatable bonds is 4. The molecule has 0 spiro atoms. The number of hydrogen-bond acceptors (Lipinski definition) is 3. The van der Waals surface area contributed by atoms with Crippen LogP contribution in [0.4, 0.5) is 5.82 Å². The van der Waals surface area contributed by atoms with Gasteiger partial charge in [0, 0.05) is 11.6 Å². The first-order chi connectivity index (χ1) is 12.3. The summed E-state index contributed by atoms with van der Waals surface area (Å²) >= 11 is 0. The molecule has 3 aromatic rings. The molecule has 1 heterocycles. The minimum atomic E-state index is -0.218. The van der Waals surface area contributed by atoms with Crippen molar-refractivity contribution in [1.82, 2.24) is 9.78 Å². The molecule has 0 aliphatic heterocycles. The van der Waals surface area contributed by atoms with Crippen LogP contribution in [0.25, 0.3) is 0 Å². The van der Waals surface area contributed by atoms with Crippen LogP contribution in [0, 0.1) is 6.92 Å². The molecular weight excluding hydrogens is 326 g/mol. The summed E-state index contributed by atoms with van der Waals surface area (Å²) in [6.45, 7) is 8.05. The van der Waals surface area contributed by atoms with Gasteiger partial charge in [-0.3, -0.25) is 4.79 Å². The lowest BCUT2D eigenvalue weighted by atomic mass is 10.1. The third kappa shape index (κ3) is 4.11. The molecular formula is C21H23N3O2. The van der Waals surface area contributed by atoms with Crippen LogP contribution in [-0.4, -0.2) is 15.7 Å². The molecule has 2 aromatic carbocycles. The van der Waals surface area contributed by atoms with Gasteiger partial charge in [0.05, 0.1) is 11.2 Å². The number of para-hydroxylation sites is 1. The fourth-order valence-corrected chi connectivity index (χ4v) is 2.59. The number of aromatic nitrogens is 2. The Labute approximate surface area is 153 Å². The van der Waals surface area contributed by atoms with Gasteiger partial charge in [0.25, 0.3) is 5.91 Å². The lowest BCUT2D eigenvalue weighted by Gasteiger charge is -2.22. The zero-order chi connectivity index (χ0) is 18.7. The van der Waals surface area contributed by atoms with Gasteiger partial charge in [-0.25, -0.2) is 4.68 Å². The van der Waals surface area contributed by atoms with Crippen LogP contribution in [0.15, 0.2) is 60.7 Å². The first kappa shape index (κ1) is 17.7. The minimum absolute atomic E-state index is 0.179. The van der Waals surface area contributed by atoms with Crippen LogP contribution in [0.5, 0.6) is 11.5 Å². The van der Waals surface area contributed by atoms with Crippen molar-refractivity contribution < 1.29 is 9.53 Å². The molecule has 0 bridgehead atoms. The molecule has 0 unspecified atom stereocenters. The van der Waals surface area contributed by atoms with Crippen LogP contribution < -0.4 is 10.1 Å². The molecule has 0 saturated carbocycles. The van der Waals surface area contributed by atoms with Crippen LogP contribution in [0.3, 0.4) is 0 Å². The van der Waals surface area contributed by atoms with Crippen molar-refractivity contribution in [3.8, 4) is 11.5 Å². The number of ether oxygens (including phenoxy) is 1. The van der Waals surface area contributed by atoms with Crippen molar-refractivity contribution in [2.45, 2.75) is 33.2 Å². The van der Waals surface area contributed by atoms with E-state index in [2.05, 4.69) is 10.4 Å².